The zero-order valence-electron chi connectivity index (χ0n) is 12.4. The molecule has 0 aromatic rings. The summed E-state index contributed by atoms with van der Waals surface area (Å²) in [7, 11) is -1.57. The highest BCUT2D eigenvalue weighted by Crippen LogP contribution is 2.26. The first-order valence-electron chi connectivity index (χ1n) is 7.81. The third-order valence-electron chi connectivity index (χ3n) is 4.66. The highest BCUT2D eigenvalue weighted by molar-refractivity contribution is 7.86. The van der Waals surface area contributed by atoms with Gasteiger partial charge >= 0.3 is 0 Å². The monoisotopic (exact) mass is 322 g/mol. The van der Waals surface area contributed by atoms with E-state index in [0.717, 1.165) is 12.8 Å². The van der Waals surface area contributed by atoms with Crippen LogP contribution in [0, 0.1) is 11.8 Å². The molecule has 0 N–H and O–H groups in total. The van der Waals surface area contributed by atoms with Crippen LogP contribution in [-0.4, -0.2) is 49.6 Å². The number of hydrogen-bond acceptors (Lipinski definition) is 2. The Bertz CT molecular complexity index is 396. The minimum atomic E-state index is -3.30. The van der Waals surface area contributed by atoms with Crippen LogP contribution in [0.3, 0.4) is 0 Å². The van der Waals surface area contributed by atoms with Crippen molar-refractivity contribution in [2.75, 3.05) is 32.6 Å². The predicted octanol–water partition coefficient (Wildman–Crippen LogP) is 2.69. The van der Waals surface area contributed by atoms with Crippen LogP contribution in [-0.2, 0) is 10.2 Å². The Morgan fingerprint density at radius 1 is 1.10 bits per heavy atom. The van der Waals surface area contributed by atoms with Crippen molar-refractivity contribution in [1.82, 2.24) is 8.61 Å². The van der Waals surface area contributed by atoms with Crippen LogP contribution >= 0.6 is 11.6 Å². The van der Waals surface area contributed by atoms with Crippen LogP contribution in [0.2, 0.25) is 0 Å². The Balaban J connectivity index is 1.93. The Labute approximate surface area is 128 Å². The molecule has 1 aliphatic heterocycles. The van der Waals surface area contributed by atoms with E-state index in [9.17, 15) is 8.42 Å². The predicted molar refractivity (Wildman–Crippen MR) is 83.1 cm³/mol. The Hall–Kier alpha value is 0.160. The summed E-state index contributed by atoms with van der Waals surface area (Å²) in [5.41, 5.74) is 0. The molecule has 118 valence electrons. The fourth-order valence-electron chi connectivity index (χ4n) is 3.39. The normalized spacial score (nSPS) is 27.1. The topological polar surface area (TPSA) is 40.6 Å². The van der Waals surface area contributed by atoms with E-state index in [1.54, 1.807) is 15.7 Å². The van der Waals surface area contributed by atoms with E-state index in [4.69, 9.17) is 11.6 Å². The molecule has 2 rings (SSSR count). The van der Waals surface area contributed by atoms with Crippen molar-refractivity contribution >= 4 is 21.8 Å². The van der Waals surface area contributed by atoms with Gasteiger partial charge in [0.05, 0.1) is 0 Å². The highest BCUT2D eigenvalue weighted by atomic mass is 35.5. The van der Waals surface area contributed by atoms with Crippen molar-refractivity contribution in [1.29, 1.82) is 0 Å². The number of hydrogen-bond donors (Lipinski definition) is 0. The molecule has 1 saturated heterocycles. The summed E-state index contributed by atoms with van der Waals surface area (Å²) in [6.07, 6.45) is 8.10. The zero-order valence-corrected chi connectivity index (χ0v) is 14.0. The van der Waals surface area contributed by atoms with Crippen molar-refractivity contribution in [3.8, 4) is 0 Å². The van der Waals surface area contributed by atoms with E-state index in [-0.39, 0.29) is 0 Å². The van der Waals surface area contributed by atoms with Gasteiger partial charge in [-0.2, -0.15) is 17.0 Å². The van der Waals surface area contributed by atoms with E-state index in [2.05, 4.69) is 0 Å². The Morgan fingerprint density at radius 2 is 1.75 bits per heavy atom. The van der Waals surface area contributed by atoms with Gasteiger partial charge in [-0.3, -0.25) is 0 Å². The average molecular weight is 323 g/mol. The Morgan fingerprint density at radius 3 is 2.40 bits per heavy atom. The largest absolute Gasteiger partial charge is 0.281 e. The molecule has 1 aliphatic carbocycles. The molecule has 0 aromatic carbocycles. The first kappa shape index (κ1) is 16.5. The second-order valence-electron chi connectivity index (χ2n) is 6.31. The molecule has 1 atom stereocenters. The van der Waals surface area contributed by atoms with E-state index in [1.165, 1.54) is 32.1 Å². The SMILES string of the molecule is CN(CC1CCCCC1)S(=O)(=O)N1CCCC(CCl)C1. The summed E-state index contributed by atoms with van der Waals surface area (Å²) in [5, 5.41) is 0. The summed E-state index contributed by atoms with van der Waals surface area (Å²) in [5.74, 6) is 1.40. The number of nitrogens with zero attached hydrogens (tertiary/aromatic N) is 2. The fourth-order valence-corrected chi connectivity index (χ4v) is 5.19. The molecule has 0 radical (unpaired) electrons. The van der Waals surface area contributed by atoms with Gasteiger partial charge in [0.2, 0.25) is 0 Å². The zero-order chi connectivity index (χ0) is 14.6. The summed E-state index contributed by atoms with van der Waals surface area (Å²) in [4.78, 5) is 0. The van der Waals surface area contributed by atoms with Crippen LogP contribution in [0.15, 0.2) is 0 Å². The third-order valence-corrected chi connectivity index (χ3v) is 7.02. The molecule has 20 heavy (non-hydrogen) atoms. The first-order chi connectivity index (χ1) is 9.54. The number of piperidine rings is 1. The standard InChI is InChI=1S/C14H27ClN2O2S/c1-16(11-13-6-3-2-4-7-13)20(18,19)17-9-5-8-14(10-15)12-17/h13-14H,2-12H2,1H3. The molecule has 0 spiro atoms. The lowest BCUT2D eigenvalue weighted by Gasteiger charge is -2.35. The maximum absolute atomic E-state index is 12.6. The molecule has 2 aliphatic rings. The first-order valence-corrected chi connectivity index (χ1v) is 9.74. The molecule has 0 amide bonds. The highest BCUT2D eigenvalue weighted by Gasteiger charge is 2.32. The van der Waals surface area contributed by atoms with Crippen molar-refractivity contribution in [2.45, 2.75) is 44.9 Å². The molecule has 0 aromatic heterocycles. The van der Waals surface area contributed by atoms with Crippen molar-refractivity contribution in [3.63, 3.8) is 0 Å². The number of alkyl halides is 1. The Kier molecular flexibility index (Phi) is 6.14. The van der Waals surface area contributed by atoms with Gasteiger partial charge in [0.25, 0.3) is 10.2 Å². The lowest BCUT2D eigenvalue weighted by Crippen LogP contribution is -2.48. The van der Waals surface area contributed by atoms with E-state index >= 15 is 0 Å². The van der Waals surface area contributed by atoms with Gasteiger partial charge in [-0.1, -0.05) is 19.3 Å². The minimum Gasteiger partial charge on any atom is -0.195 e. The van der Waals surface area contributed by atoms with Gasteiger partial charge in [-0.25, -0.2) is 0 Å². The summed E-state index contributed by atoms with van der Waals surface area (Å²) >= 11 is 5.90. The quantitative estimate of drug-likeness (QED) is 0.730. The maximum atomic E-state index is 12.6. The maximum Gasteiger partial charge on any atom is 0.281 e. The van der Waals surface area contributed by atoms with Crippen molar-refractivity contribution in [3.05, 3.63) is 0 Å². The third kappa shape index (κ3) is 4.09. The molecular weight excluding hydrogens is 296 g/mol. The fraction of sp³-hybridized carbons (Fsp3) is 1.00. The van der Waals surface area contributed by atoms with E-state index in [1.807, 2.05) is 0 Å². The van der Waals surface area contributed by atoms with Crippen LogP contribution in [0.1, 0.15) is 44.9 Å². The second-order valence-corrected chi connectivity index (χ2v) is 8.66. The van der Waals surface area contributed by atoms with E-state index in [0.29, 0.717) is 37.4 Å². The van der Waals surface area contributed by atoms with Gasteiger partial charge in [0, 0.05) is 32.6 Å². The molecule has 1 saturated carbocycles. The number of rotatable bonds is 5. The molecular formula is C14H27ClN2O2S. The summed E-state index contributed by atoms with van der Waals surface area (Å²) < 4.78 is 28.5. The van der Waals surface area contributed by atoms with Gasteiger partial charge in [0.15, 0.2) is 0 Å². The average Bonchev–Trinajstić information content (AvgIpc) is 2.48. The lowest BCUT2D eigenvalue weighted by molar-refractivity contribution is 0.248. The second kappa shape index (κ2) is 7.43. The molecule has 1 heterocycles. The smallest absolute Gasteiger partial charge is 0.195 e. The van der Waals surface area contributed by atoms with Gasteiger partial charge in [0.1, 0.15) is 0 Å². The summed E-state index contributed by atoms with van der Waals surface area (Å²) in [6, 6.07) is 0. The lowest BCUT2D eigenvalue weighted by atomic mass is 9.89. The molecule has 6 heteroatoms. The molecule has 4 nitrogen and oxygen atoms in total. The molecule has 1 unspecified atom stereocenters. The van der Waals surface area contributed by atoms with Crippen LogP contribution in [0.4, 0.5) is 0 Å². The van der Waals surface area contributed by atoms with Gasteiger partial charge in [-0.05, 0) is 37.5 Å². The van der Waals surface area contributed by atoms with Gasteiger partial charge in [-0.15, -0.1) is 11.6 Å². The van der Waals surface area contributed by atoms with Crippen LogP contribution < -0.4 is 0 Å². The van der Waals surface area contributed by atoms with E-state index < -0.39 is 10.2 Å². The van der Waals surface area contributed by atoms with Gasteiger partial charge < -0.3 is 0 Å². The summed E-state index contributed by atoms with van der Waals surface area (Å²) in [6.45, 7) is 1.90. The van der Waals surface area contributed by atoms with Crippen LogP contribution in [0.25, 0.3) is 0 Å². The van der Waals surface area contributed by atoms with Crippen LogP contribution in [0.5, 0.6) is 0 Å². The van der Waals surface area contributed by atoms with Crippen molar-refractivity contribution < 1.29 is 8.42 Å². The minimum absolute atomic E-state index is 0.309. The van der Waals surface area contributed by atoms with Crippen molar-refractivity contribution in [2.24, 2.45) is 11.8 Å². The molecule has 0 bridgehead atoms. The number of halogens is 1. The molecule has 2 fully saturated rings.